The molecule has 1 fully saturated rings. The van der Waals surface area contributed by atoms with Gasteiger partial charge in [-0.05, 0) is 24.5 Å². The van der Waals surface area contributed by atoms with Gasteiger partial charge < -0.3 is 10.0 Å². The molecule has 1 aliphatic heterocycles. The van der Waals surface area contributed by atoms with E-state index in [-0.39, 0.29) is 5.91 Å². The van der Waals surface area contributed by atoms with E-state index in [2.05, 4.69) is 6.92 Å². The van der Waals surface area contributed by atoms with Crippen LogP contribution in [0.15, 0.2) is 24.3 Å². The second kappa shape index (κ2) is 5.21. The second-order valence-electron chi connectivity index (χ2n) is 4.55. The summed E-state index contributed by atoms with van der Waals surface area (Å²) in [5.74, 6) is -2.18. The van der Waals surface area contributed by atoms with Gasteiger partial charge in [0.25, 0.3) is 0 Å². The number of para-hydroxylation sites is 1. The number of carbonyl (C=O) groups is 2. The number of hydrogen-bond donors (Lipinski definition) is 1. The van der Waals surface area contributed by atoms with Crippen LogP contribution in [-0.2, 0) is 16.0 Å². The minimum atomic E-state index is -1.02. The Labute approximate surface area is 106 Å². The molecule has 0 saturated carbocycles. The molecule has 1 N–H and O–H groups in total. The monoisotopic (exact) mass is 247 g/mol. The predicted molar refractivity (Wildman–Crippen MR) is 68.5 cm³/mol. The minimum absolute atomic E-state index is 0.286. The van der Waals surface area contributed by atoms with Crippen molar-refractivity contribution in [1.82, 2.24) is 0 Å². The van der Waals surface area contributed by atoms with Crippen LogP contribution in [0.25, 0.3) is 0 Å². The van der Waals surface area contributed by atoms with Gasteiger partial charge in [0.15, 0.2) is 0 Å². The molecule has 2 rings (SSSR count). The number of carboxylic acid groups (broad SMARTS) is 1. The van der Waals surface area contributed by atoms with E-state index in [1.54, 1.807) is 4.90 Å². The summed E-state index contributed by atoms with van der Waals surface area (Å²) in [6.07, 6.45) is 2.30. The molecule has 96 valence electrons. The van der Waals surface area contributed by atoms with Gasteiger partial charge in [0, 0.05) is 12.2 Å². The van der Waals surface area contributed by atoms with Gasteiger partial charge >= 0.3 is 5.97 Å². The molecule has 1 unspecified atom stereocenters. The summed E-state index contributed by atoms with van der Waals surface area (Å²) in [6.45, 7) is 2.58. The lowest BCUT2D eigenvalue weighted by molar-refractivity contribution is -0.144. The van der Waals surface area contributed by atoms with E-state index in [9.17, 15) is 9.59 Å². The quantitative estimate of drug-likeness (QED) is 0.829. The molecule has 1 amide bonds. The van der Waals surface area contributed by atoms with Crippen LogP contribution in [0.1, 0.15) is 25.3 Å². The molecule has 0 radical (unpaired) electrons. The van der Waals surface area contributed by atoms with Crippen molar-refractivity contribution in [3.8, 4) is 0 Å². The minimum Gasteiger partial charge on any atom is -0.481 e. The van der Waals surface area contributed by atoms with E-state index < -0.39 is 11.9 Å². The van der Waals surface area contributed by atoms with Crippen molar-refractivity contribution in [2.75, 3.05) is 11.4 Å². The molecular formula is C14H17NO3. The summed E-state index contributed by atoms with van der Waals surface area (Å²) in [4.78, 5) is 24.6. The maximum Gasteiger partial charge on any atom is 0.316 e. The van der Waals surface area contributed by atoms with Gasteiger partial charge in [0.2, 0.25) is 5.91 Å². The van der Waals surface area contributed by atoms with E-state index in [0.29, 0.717) is 13.0 Å². The smallest absolute Gasteiger partial charge is 0.316 e. The van der Waals surface area contributed by atoms with Crippen molar-refractivity contribution in [3.05, 3.63) is 29.8 Å². The largest absolute Gasteiger partial charge is 0.481 e. The van der Waals surface area contributed by atoms with Crippen LogP contribution in [0.5, 0.6) is 0 Å². The number of anilines is 1. The Morgan fingerprint density at radius 1 is 1.44 bits per heavy atom. The molecular weight excluding hydrogens is 230 g/mol. The highest BCUT2D eigenvalue weighted by molar-refractivity contribution is 6.08. The first kappa shape index (κ1) is 12.6. The van der Waals surface area contributed by atoms with E-state index in [4.69, 9.17) is 5.11 Å². The third-order valence-corrected chi connectivity index (χ3v) is 3.31. The predicted octanol–water partition coefficient (Wildman–Crippen LogP) is 2.08. The van der Waals surface area contributed by atoms with Gasteiger partial charge in [-0.3, -0.25) is 9.59 Å². The molecule has 1 aliphatic rings. The molecule has 18 heavy (non-hydrogen) atoms. The third kappa shape index (κ3) is 2.23. The molecule has 1 atom stereocenters. The molecule has 0 bridgehead atoms. The van der Waals surface area contributed by atoms with Gasteiger partial charge in [0.1, 0.15) is 5.92 Å². The fourth-order valence-electron chi connectivity index (χ4n) is 2.40. The van der Waals surface area contributed by atoms with Crippen LogP contribution in [0.2, 0.25) is 0 Å². The topological polar surface area (TPSA) is 57.6 Å². The number of carbonyl (C=O) groups excluding carboxylic acids is 1. The lowest BCUT2D eigenvalue weighted by atomic mass is 10.1. The second-order valence-corrected chi connectivity index (χ2v) is 4.55. The zero-order valence-corrected chi connectivity index (χ0v) is 10.4. The van der Waals surface area contributed by atoms with Crippen LogP contribution < -0.4 is 4.90 Å². The highest BCUT2D eigenvalue weighted by Gasteiger charge is 2.38. The lowest BCUT2D eigenvalue weighted by Crippen LogP contribution is -2.30. The van der Waals surface area contributed by atoms with Crippen molar-refractivity contribution in [1.29, 1.82) is 0 Å². The molecule has 1 saturated heterocycles. The number of amides is 1. The molecule has 0 aromatic heterocycles. The van der Waals surface area contributed by atoms with Gasteiger partial charge in [-0.1, -0.05) is 31.5 Å². The van der Waals surface area contributed by atoms with Crippen molar-refractivity contribution in [2.45, 2.75) is 26.2 Å². The van der Waals surface area contributed by atoms with Crippen LogP contribution in [0, 0.1) is 5.92 Å². The first-order valence-corrected chi connectivity index (χ1v) is 6.27. The Hall–Kier alpha value is -1.84. The van der Waals surface area contributed by atoms with Crippen LogP contribution in [-0.4, -0.2) is 23.5 Å². The molecule has 1 aromatic rings. The Kier molecular flexibility index (Phi) is 3.65. The lowest BCUT2D eigenvalue weighted by Gasteiger charge is -2.19. The average molecular weight is 247 g/mol. The van der Waals surface area contributed by atoms with Crippen LogP contribution in [0.3, 0.4) is 0 Å². The van der Waals surface area contributed by atoms with Gasteiger partial charge in [-0.25, -0.2) is 0 Å². The highest BCUT2D eigenvalue weighted by Crippen LogP contribution is 2.29. The van der Waals surface area contributed by atoms with E-state index in [1.165, 1.54) is 0 Å². The molecule has 1 aromatic carbocycles. The first-order valence-electron chi connectivity index (χ1n) is 6.27. The van der Waals surface area contributed by atoms with Crippen molar-refractivity contribution >= 4 is 17.6 Å². The van der Waals surface area contributed by atoms with Crippen LogP contribution in [0.4, 0.5) is 5.69 Å². The van der Waals surface area contributed by atoms with Gasteiger partial charge in [0.05, 0.1) is 0 Å². The summed E-state index contributed by atoms with van der Waals surface area (Å²) < 4.78 is 0. The van der Waals surface area contributed by atoms with E-state index in [1.807, 2.05) is 24.3 Å². The number of aryl methyl sites for hydroxylation is 1. The zero-order valence-electron chi connectivity index (χ0n) is 10.4. The number of benzene rings is 1. The maximum atomic E-state index is 12.0. The van der Waals surface area contributed by atoms with Crippen molar-refractivity contribution in [2.24, 2.45) is 5.92 Å². The van der Waals surface area contributed by atoms with E-state index >= 15 is 0 Å². The van der Waals surface area contributed by atoms with Crippen molar-refractivity contribution in [3.63, 3.8) is 0 Å². The molecule has 4 nitrogen and oxygen atoms in total. The first-order chi connectivity index (χ1) is 8.65. The fraction of sp³-hybridized carbons (Fsp3) is 0.429. The summed E-state index contributed by atoms with van der Waals surface area (Å²) in [5, 5.41) is 8.97. The third-order valence-electron chi connectivity index (χ3n) is 3.31. The summed E-state index contributed by atoms with van der Waals surface area (Å²) >= 11 is 0. The Bertz CT molecular complexity index is 470. The average Bonchev–Trinajstić information content (AvgIpc) is 2.72. The van der Waals surface area contributed by atoms with Gasteiger partial charge in [-0.15, -0.1) is 0 Å². The van der Waals surface area contributed by atoms with Crippen molar-refractivity contribution < 1.29 is 14.7 Å². The highest BCUT2D eigenvalue weighted by atomic mass is 16.4. The van der Waals surface area contributed by atoms with E-state index in [0.717, 1.165) is 24.1 Å². The standard InChI is InChI=1S/C14H17NO3/c1-2-5-10-6-3-4-7-12(10)15-9-8-11(13(15)16)14(17)18/h3-4,6-7,11H,2,5,8-9H2,1H3,(H,17,18). The summed E-state index contributed by atoms with van der Waals surface area (Å²) in [6, 6.07) is 7.73. The molecule has 4 heteroatoms. The van der Waals surface area contributed by atoms with Crippen LogP contribution >= 0.6 is 0 Å². The number of hydrogen-bond acceptors (Lipinski definition) is 2. The zero-order chi connectivity index (χ0) is 13.1. The SMILES string of the molecule is CCCc1ccccc1N1CCC(C(=O)O)C1=O. The molecule has 0 spiro atoms. The summed E-state index contributed by atoms with van der Waals surface area (Å²) in [7, 11) is 0. The number of aliphatic carboxylic acids is 1. The Balaban J connectivity index is 2.28. The number of nitrogens with zero attached hydrogens (tertiary/aromatic N) is 1. The Morgan fingerprint density at radius 2 is 2.17 bits per heavy atom. The number of carboxylic acids is 1. The summed E-state index contributed by atoms with van der Waals surface area (Å²) in [5.41, 5.74) is 1.98. The van der Waals surface area contributed by atoms with Gasteiger partial charge in [-0.2, -0.15) is 0 Å². The maximum absolute atomic E-state index is 12.0. The number of rotatable bonds is 4. The fourth-order valence-corrected chi connectivity index (χ4v) is 2.40. The Morgan fingerprint density at radius 3 is 2.78 bits per heavy atom. The molecule has 1 heterocycles. The normalized spacial score (nSPS) is 19.3. The molecule has 0 aliphatic carbocycles.